The van der Waals surface area contributed by atoms with Crippen LogP contribution >= 0.6 is 0 Å². The topological polar surface area (TPSA) is 52.7 Å². The van der Waals surface area contributed by atoms with Crippen molar-refractivity contribution in [1.82, 2.24) is 14.5 Å². The molecule has 0 radical (unpaired) electrons. The van der Waals surface area contributed by atoms with E-state index in [4.69, 9.17) is 0 Å². The molecule has 1 atom stereocenters. The smallest absolute Gasteiger partial charge is 0.211 e. The zero-order chi connectivity index (χ0) is 16.0. The molecule has 0 aliphatic carbocycles. The molecule has 0 amide bonds. The van der Waals surface area contributed by atoms with Crippen molar-refractivity contribution in [3.63, 3.8) is 0 Å². The Morgan fingerprint density at radius 1 is 1.14 bits per heavy atom. The minimum Gasteiger partial charge on any atom is -0.314 e. The second-order valence-electron chi connectivity index (χ2n) is 6.36. The lowest BCUT2D eigenvalue weighted by Crippen LogP contribution is -2.56. The third-order valence-electron chi connectivity index (χ3n) is 4.58. The van der Waals surface area contributed by atoms with Gasteiger partial charge in [0, 0.05) is 44.8 Å². The van der Waals surface area contributed by atoms with Crippen LogP contribution in [0.5, 0.6) is 0 Å². The zero-order valence-corrected chi connectivity index (χ0v) is 15.1. The second kappa shape index (κ2) is 8.46. The second-order valence-corrected chi connectivity index (χ2v) is 8.29. The standard InChI is InChI=1S/C15H33N3O2S/c1-6-14(7-2)15(17-10-8-16-9-11-17)12-18(13(3)4)21(5,19)20/h13-16H,6-12H2,1-5H3/t15-/m1/s1. The summed E-state index contributed by atoms with van der Waals surface area (Å²) in [5.74, 6) is 0.547. The van der Waals surface area contributed by atoms with Crippen molar-refractivity contribution >= 4 is 10.0 Å². The van der Waals surface area contributed by atoms with E-state index in [2.05, 4.69) is 24.1 Å². The highest BCUT2D eigenvalue weighted by atomic mass is 32.2. The summed E-state index contributed by atoms with van der Waals surface area (Å²) in [7, 11) is -3.16. The number of hydrogen-bond donors (Lipinski definition) is 1. The van der Waals surface area contributed by atoms with E-state index in [9.17, 15) is 8.42 Å². The Kier molecular flexibility index (Phi) is 7.60. The fraction of sp³-hybridized carbons (Fsp3) is 1.00. The van der Waals surface area contributed by atoms with E-state index in [1.807, 2.05) is 13.8 Å². The molecule has 0 aromatic rings. The summed E-state index contributed by atoms with van der Waals surface area (Å²) in [6, 6.07) is 0.332. The first-order valence-corrected chi connectivity index (χ1v) is 10.1. The lowest BCUT2D eigenvalue weighted by molar-refractivity contribution is 0.0960. The van der Waals surface area contributed by atoms with Gasteiger partial charge in [-0.05, 0) is 19.8 Å². The summed E-state index contributed by atoms with van der Waals surface area (Å²) in [5, 5.41) is 3.38. The Balaban J connectivity index is 2.94. The molecule has 1 N–H and O–H groups in total. The fourth-order valence-electron chi connectivity index (χ4n) is 3.32. The number of nitrogens with one attached hydrogen (secondary N) is 1. The summed E-state index contributed by atoms with van der Waals surface area (Å²) in [6.07, 6.45) is 3.52. The lowest BCUT2D eigenvalue weighted by Gasteiger charge is -2.41. The first kappa shape index (κ1) is 18.9. The number of sulfonamides is 1. The van der Waals surface area contributed by atoms with Crippen LogP contribution in [0.25, 0.3) is 0 Å². The monoisotopic (exact) mass is 319 g/mol. The summed E-state index contributed by atoms with van der Waals surface area (Å²) < 4.78 is 25.8. The van der Waals surface area contributed by atoms with E-state index in [-0.39, 0.29) is 6.04 Å². The van der Waals surface area contributed by atoms with Gasteiger partial charge in [0.2, 0.25) is 10.0 Å². The first-order chi connectivity index (χ1) is 9.81. The van der Waals surface area contributed by atoms with Crippen molar-refractivity contribution in [2.45, 2.75) is 52.6 Å². The average Bonchev–Trinajstić information content (AvgIpc) is 2.42. The number of piperazine rings is 1. The van der Waals surface area contributed by atoms with Gasteiger partial charge in [-0.2, -0.15) is 4.31 Å². The Bertz CT molecular complexity index is 388. The van der Waals surface area contributed by atoms with Gasteiger partial charge in [0.25, 0.3) is 0 Å². The molecule has 1 heterocycles. The Hall–Kier alpha value is -0.170. The van der Waals surface area contributed by atoms with Crippen molar-refractivity contribution in [3.05, 3.63) is 0 Å². The van der Waals surface area contributed by atoms with Gasteiger partial charge < -0.3 is 5.32 Å². The molecule has 0 bridgehead atoms. The maximum absolute atomic E-state index is 12.1. The van der Waals surface area contributed by atoms with E-state index in [0.717, 1.165) is 39.0 Å². The summed E-state index contributed by atoms with van der Waals surface area (Å²) in [5.41, 5.74) is 0. The van der Waals surface area contributed by atoms with Gasteiger partial charge >= 0.3 is 0 Å². The normalized spacial score (nSPS) is 19.6. The zero-order valence-electron chi connectivity index (χ0n) is 14.3. The maximum atomic E-state index is 12.1. The third-order valence-corrected chi connectivity index (χ3v) is 6.01. The molecule has 126 valence electrons. The molecular formula is C15H33N3O2S. The van der Waals surface area contributed by atoms with Gasteiger partial charge in [0.05, 0.1) is 6.26 Å². The number of hydrogen-bond acceptors (Lipinski definition) is 4. The molecule has 1 fully saturated rings. The van der Waals surface area contributed by atoms with Crippen LogP contribution in [0.15, 0.2) is 0 Å². The predicted octanol–water partition coefficient (Wildman–Crippen LogP) is 1.37. The molecule has 1 aliphatic heterocycles. The molecule has 0 spiro atoms. The molecule has 1 saturated heterocycles. The number of rotatable bonds is 8. The van der Waals surface area contributed by atoms with E-state index in [1.54, 1.807) is 4.31 Å². The Morgan fingerprint density at radius 3 is 2.05 bits per heavy atom. The van der Waals surface area contributed by atoms with Gasteiger partial charge in [-0.3, -0.25) is 4.90 Å². The van der Waals surface area contributed by atoms with E-state index < -0.39 is 10.0 Å². The molecule has 5 nitrogen and oxygen atoms in total. The molecule has 0 unspecified atom stereocenters. The molecule has 0 saturated carbocycles. The van der Waals surface area contributed by atoms with Crippen LogP contribution in [0.1, 0.15) is 40.5 Å². The largest absolute Gasteiger partial charge is 0.314 e. The van der Waals surface area contributed by atoms with Crippen LogP contribution in [0.2, 0.25) is 0 Å². The quantitative estimate of drug-likeness (QED) is 0.734. The van der Waals surface area contributed by atoms with Gasteiger partial charge in [0.15, 0.2) is 0 Å². The van der Waals surface area contributed by atoms with Crippen molar-refractivity contribution < 1.29 is 8.42 Å². The highest BCUT2D eigenvalue weighted by molar-refractivity contribution is 7.88. The van der Waals surface area contributed by atoms with Crippen molar-refractivity contribution in [2.75, 3.05) is 39.0 Å². The van der Waals surface area contributed by atoms with Gasteiger partial charge in [-0.1, -0.05) is 26.7 Å². The van der Waals surface area contributed by atoms with Crippen molar-refractivity contribution in [1.29, 1.82) is 0 Å². The van der Waals surface area contributed by atoms with Crippen LogP contribution in [-0.4, -0.2) is 68.7 Å². The van der Waals surface area contributed by atoms with Crippen LogP contribution < -0.4 is 5.32 Å². The summed E-state index contributed by atoms with van der Waals surface area (Å²) >= 11 is 0. The third kappa shape index (κ3) is 5.51. The Morgan fingerprint density at radius 2 is 1.67 bits per heavy atom. The SMILES string of the molecule is CCC(CC)[C@@H](CN(C(C)C)S(C)(=O)=O)N1CCNCC1. The number of nitrogens with zero attached hydrogens (tertiary/aromatic N) is 2. The van der Waals surface area contributed by atoms with Gasteiger partial charge in [-0.15, -0.1) is 0 Å². The molecule has 0 aromatic carbocycles. The highest BCUT2D eigenvalue weighted by Gasteiger charge is 2.32. The van der Waals surface area contributed by atoms with Crippen molar-refractivity contribution in [3.8, 4) is 0 Å². The summed E-state index contributed by atoms with van der Waals surface area (Å²) in [4.78, 5) is 2.48. The van der Waals surface area contributed by atoms with Gasteiger partial charge in [0.1, 0.15) is 0 Å². The molecule has 1 rings (SSSR count). The molecular weight excluding hydrogens is 286 g/mol. The van der Waals surface area contributed by atoms with Crippen LogP contribution in [0.4, 0.5) is 0 Å². The van der Waals surface area contributed by atoms with Crippen LogP contribution in [0, 0.1) is 5.92 Å². The Labute approximate surface area is 131 Å². The molecule has 21 heavy (non-hydrogen) atoms. The minimum absolute atomic E-state index is 0.0137. The fourth-order valence-corrected chi connectivity index (χ4v) is 4.51. The van der Waals surface area contributed by atoms with Crippen LogP contribution in [-0.2, 0) is 10.0 Å². The van der Waals surface area contributed by atoms with E-state index in [0.29, 0.717) is 18.5 Å². The van der Waals surface area contributed by atoms with Gasteiger partial charge in [-0.25, -0.2) is 8.42 Å². The summed E-state index contributed by atoms with van der Waals surface area (Å²) in [6.45, 7) is 13.0. The molecule has 6 heteroatoms. The lowest BCUT2D eigenvalue weighted by atomic mass is 9.92. The predicted molar refractivity (Wildman–Crippen MR) is 89.0 cm³/mol. The molecule has 0 aromatic heterocycles. The van der Waals surface area contributed by atoms with Crippen LogP contribution in [0.3, 0.4) is 0 Å². The maximum Gasteiger partial charge on any atom is 0.211 e. The average molecular weight is 320 g/mol. The highest BCUT2D eigenvalue weighted by Crippen LogP contribution is 2.22. The van der Waals surface area contributed by atoms with E-state index >= 15 is 0 Å². The first-order valence-electron chi connectivity index (χ1n) is 8.22. The van der Waals surface area contributed by atoms with Crippen molar-refractivity contribution in [2.24, 2.45) is 5.92 Å². The minimum atomic E-state index is -3.16. The molecule has 1 aliphatic rings. The van der Waals surface area contributed by atoms with E-state index in [1.165, 1.54) is 6.26 Å².